The maximum Gasteiger partial charge on any atom is 0.0768 e. The quantitative estimate of drug-likeness (QED) is 0.754. The van der Waals surface area contributed by atoms with Crippen molar-refractivity contribution in [3.63, 3.8) is 0 Å². The fraction of sp³-hybridized carbons (Fsp3) is 0.167. The van der Waals surface area contributed by atoms with Gasteiger partial charge in [-0.15, -0.1) is 11.3 Å². The van der Waals surface area contributed by atoms with Crippen LogP contribution in [0.25, 0.3) is 0 Å². The van der Waals surface area contributed by atoms with Gasteiger partial charge in [-0.1, -0.05) is 30.0 Å². The number of hydrogen-bond donors (Lipinski definition) is 1. The number of aliphatic hydroxyl groups excluding tert-OH is 1. The molecule has 2 aromatic rings. The predicted octanol–water partition coefficient (Wildman–Crippen LogP) is 3.23. The van der Waals surface area contributed by atoms with Crippen LogP contribution in [0.4, 0.5) is 0 Å². The van der Waals surface area contributed by atoms with Crippen molar-refractivity contribution in [2.45, 2.75) is 6.42 Å². The lowest BCUT2D eigenvalue weighted by Gasteiger charge is -1.77. The van der Waals surface area contributed by atoms with Gasteiger partial charge >= 0.3 is 0 Å². The smallest absolute Gasteiger partial charge is 0.0768 e. The van der Waals surface area contributed by atoms with Gasteiger partial charge in [0.05, 0.1) is 11.5 Å². The maximum absolute atomic E-state index is 8.40. The first-order valence-corrected chi connectivity index (χ1v) is 6.36. The lowest BCUT2D eigenvalue weighted by Crippen LogP contribution is -1.75. The summed E-state index contributed by atoms with van der Waals surface area (Å²) in [6.07, 6.45) is 0.567. The van der Waals surface area contributed by atoms with Crippen molar-refractivity contribution in [3.8, 4) is 11.8 Å². The molecule has 1 nitrogen and oxygen atoms in total. The molecule has 0 spiro atoms. The third-order valence-electron chi connectivity index (χ3n) is 1.39. The van der Waals surface area contributed by atoms with Gasteiger partial charge in [-0.2, -0.15) is 11.3 Å². The van der Waals surface area contributed by atoms with E-state index in [1.165, 1.54) is 0 Å². The van der Waals surface area contributed by atoms with Crippen molar-refractivity contribution in [2.24, 2.45) is 0 Å². The van der Waals surface area contributed by atoms with E-state index in [1.807, 2.05) is 40.4 Å². The Kier molecular flexibility index (Phi) is 6.59. The zero-order valence-electron chi connectivity index (χ0n) is 8.22. The highest BCUT2D eigenvalue weighted by Gasteiger charge is 1.82. The minimum absolute atomic E-state index is 0.151. The predicted molar refractivity (Wildman–Crippen MR) is 67.2 cm³/mol. The second-order valence-electron chi connectivity index (χ2n) is 2.55. The van der Waals surface area contributed by atoms with Gasteiger partial charge in [0.25, 0.3) is 0 Å². The molecule has 0 aliphatic rings. The molecule has 78 valence electrons. The zero-order chi connectivity index (χ0) is 10.8. The van der Waals surface area contributed by atoms with Crippen LogP contribution < -0.4 is 0 Å². The Hall–Kier alpha value is -1.08. The first-order chi connectivity index (χ1) is 7.43. The lowest BCUT2D eigenvalue weighted by molar-refractivity contribution is 0.305. The maximum atomic E-state index is 8.40. The van der Waals surface area contributed by atoms with Gasteiger partial charge in [0.1, 0.15) is 0 Å². The molecule has 2 rings (SSSR count). The zero-order valence-corrected chi connectivity index (χ0v) is 9.85. The van der Waals surface area contributed by atoms with Crippen LogP contribution in [0.3, 0.4) is 0 Å². The number of aliphatic hydroxyl groups is 1. The molecule has 0 aliphatic heterocycles. The second kappa shape index (κ2) is 8.25. The van der Waals surface area contributed by atoms with Gasteiger partial charge in [0.15, 0.2) is 0 Å². The van der Waals surface area contributed by atoms with Crippen LogP contribution in [0.2, 0.25) is 0 Å². The molecule has 0 aromatic carbocycles. The average Bonchev–Trinajstić information content (AvgIpc) is 2.94. The molecule has 0 radical (unpaired) electrons. The van der Waals surface area contributed by atoms with E-state index in [1.54, 1.807) is 22.7 Å². The molecule has 2 heterocycles. The van der Waals surface area contributed by atoms with E-state index in [-0.39, 0.29) is 6.61 Å². The highest BCUT2D eigenvalue weighted by molar-refractivity contribution is 7.10. The third kappa shape index (κ3) is 6.08. The Morgan fingerprint density at radius 1 is 1.13 bits per heavy atom. The SMILES string of the molecule is OCCC#Cc1cccs1.c1ccsc1. The van der Waals surface area contributed by atoms with Crippen LogP contribution in [-0.4, -0.2) is 11.7 Å². The van der Waals surface area contributed by atoms with E-state index in [2.05, 4.69) is 11.8 Å². The van der Waals surface area contributed by atoms with Gasteiger partial charge in [0.2, 0.25) is 0 Å². The van der Waals surface area contributed by atoms with Gasteiger partial charge in [-0.05, 0) is 22.2 Å². The summed E-state index contributed by atoms with van der Waals surface area (Å²) in [6.45, 7) is 0.151. The Balaban J connectivity index is 0.000000187. The molecule has 0 atom stereocenters. The topological polar surface area (TPSA) is 20.2 Å². The molecule has 0 saturated carbocycles. The molecule has 0 aliphatic carbocycles. The van der Waals surface area contributed by atoms with Gasteiger partial charge in [-0.25, -0.2) is 0 Å². The second-order valence-corrected chi connectivity index (χ2v) is 4.31. The highest BCUT2D eigenvalue weighted by Crippen LogP contribution is 2.05. The molecule has 0 amide bonds. The van der Waals surface area contributed by atoms with Gasteiger partial charge in [0, 0.05) is 6.42 Å². The van der Waals surface area contributed by atoms with E-state index in [0.29, 0.717) is 6.42 Å². The van der Waals surface area contributed by atoms with Crippen LogP contribution in [0, 0.1) is 11.8 Å². The minimum Gasteiger partial charge on any atom is -0.395 e. The summed E-state index contributed by atoms with van der Waals surface area (Å²) in [7, 11) is 0. The van der Waals surface area contributed by atoms with E-state index in [4.69, 9.17) is 5.11 Å². The summed E-state index contributed by atoms with van der Waals surface area (Å²) in [5.41, 5.74) is 0. The molecular formula is C12H12OS2. The van der Waals surface area contributed by atoms with Crippen LogP contribution in [-0.2, 0) is 0 Å². The Labute approximate surface area is 98.0 Å². The fourth-order valence-corrected chi connectivity index (χ4v) is 1.83. The fourth-order valence-electron chi connectivity index (χ4n) is 0.782. The van der Waals surface area contributed by atoms with Crippen molar-refractivity contribution in [1.29, 1.82) is 0 Å². The normalized spacial score (nSPS) is 8.33. The number of thiophene rings is 2. The van der Waals surface area contributed by atoms with E-state index in [0.717, 1.165) is 4.88 Å². The van der Waals surface area contributed by atoms with Crippen molar-refractivity contribution >= 4 is 22.7 Å². The van der Waals surface area contributed by atoms with E-state index >= 15 is 0 Å². The Morgan fingerprint density at radius 3 is 2.40 bits per heavy atom. The van der Waals surface area contributed by atoms with E-state index < -0.39 is 0 Å². The largest absolute Gasteiger partial charge is 0.395 e. The molecule has 0 unspecified atom stereocenters. The summed E-state index contributed by atoms with van der Waals surface area (Å²) in [5.74, 6) is 5.78. The number of hydrogen-bond acceptors (Lipinski definition) is 3. The standard InChI is InChI=1S/C8H8OS.C4H4S/c9-6-2-1-4-8-5-3-7-10-8;1-2-4-5-3-1/h3,5,7,9H,2,6H2;1-4H. The Morgan fingerprint density at radius 2 is 1.93 bits per heavy atom. The summed E-state index contributed by atoms with van der Waals surface area (Å²) < 4.78 is 0. The van der Waals surface area contributed by atoms with Crippen molar-refractivity contribution in [2.75, 3.05) is 6.61 Å². The minimum atomic E-state index is 0.151. The molecule has 0 saturated heterocycles. The average molecular weight is 236 g/mol. The van der Waals surface area contributed by atoms with Gasteiger partial charge in [-0.3, -0.25) is 0 Å². The van der Waals surface area contributed by atoms with E-state index in [9.17, 15) is 0 Å². The van der Waals surface area contributed by atoms with Crippen molar-refractivity contribution < 1.29 is 5.11 Å². The molecule has 0 bridgehead atoms. The summed E-state index contributed by atoms with van der Waals surface area (Å²) in [5, 5.41) is 14.5. The molecule has 1 N–H and O–H groups in total. The van der Waals surface area contributed by atoms with Crippen LogP contribution in [0.15, 0.2) is 40.4 Å². The molecule has 2 aromatic heterocycles. The Bertz CT molecular complexity index is 362. The summed E-state index contributed by atoms with van der Waals surface area (Å²) in [6, 6.07) is 7.97. The summed E-state index contributed by atoms with van der Waals surface area (Å²) in [4.78, 5) is 1.06. The van der Waals surface area contributed by atoms with Crippen LogP contribution in [0.1, 0.15) is 11.3 Å². The van der Waals surface area contributed by atoms with Crippen molar-refractivity contribution in [3.05, 3.63) is 45.3 Å². The monoisotopic (exact) mass is 236 g/mol. The summed E-state index contributed by atoms with van der Waals surface area (Å²) >= 11 is 3.33. The lowest BCUT2D eigenvalue weighted by atomic mass is 10.4. The number of rotatable bonds is 1. The van der Waals surface area contributed by atoms with Crippen LogP contribution in [0.5, 0.6) is 0 Å². The van der Waals surface area contributed by atoms with Gasteiger partial charge < -0.3 is 5.11 Å². The first kappa shape index (κ1) is 12.0. The molecular weight excluding hydrogens is 224 g/mol. The third-order valence-corrected chi connectivity index (χ3v) is 2.81. The molecule has 15 heavy (non-hydrogen) atoms. The molecule has 0 fully saturated rings. The highest BCUT2D eigenvalue weighted by atomic mass is 32.1. The first-order valence-electron chi connectivity index (χ1n) is 4.54. The van der Waals surface area contributed by atoms with Crippen molar-refractivity contribution in [1.82, 2.24) is 0 Å². The van der Waals surface area contributed by atoms with Crippen LogP contribution >= 0.6 is 22.7 Å². The molecule has 3 heteroatoms.